The quantitative estimate of drug-likeness (QED) is 0.511. The van der Waals surface area contributed by atoms with Gasteiger partial charge >= 0.3 is 0 Å². The Balaban J connectivity index is 1.68. The van der Waals surface area contributed by atoms with E-state index in [1.54, 1.807) is 42.5 Å². The van der Waals surface area contributed by atoms with Crippen LogP contribution < -0.4 is 10.3 Å². The summed E-state index contributed by atoms with van der Waals surface area (Å²) in [6.45, 7) is 0.0325. The Hall–Kier alpha value is -4.07. The van der Waals surface area contributed by atoms with E-state index in [2.05, 4.69) is 9.98 Å². The Kier molecular flexibility index (Phi) is 4.47. The lowest BCUT2D eigenvalue weighted by molar-refractivity contribution is 0.333. The molecule has 4 aromatic rings. The molecule has 1 aliphatic heterocycles. The van der Waals surface area contributed by atoms with E-state index in [9.17, 15) is 18.7 Å². The van der Waals surface area contributed by atoms with Gasteiger partial charge in [0.05, 0.1) is 11.1 Å². The number of pyridine rings is 2. The molecule has 0 radical (unpaired) electrons. The van der Waals surface area contributed by atoms with Crippen molar-refractivity contribution in [3.63, 3.8) is 0 Å². The van der Waals surface area contributed by atoms with Crippen molar-refractivity contribution in [2.75, 3.05) is 6.61 Å². The molecule has 0 saturated carbocycles. The summed E-state index contributed by atoms with van der Waals surface area (Å²) >= 11 is 0. The zero-order valence-corrected chi connectivity index (χ0v) is 16.0. The fraction of sp³-hybridized carbons (Fsp3) is 0.0870. The number of hydrogen-bond donors (Lipinski definition) is 1. The van der Waals surface area contributed by atoms with Crippen LogP contribution in [0.5, 0.6) is 11.6 Å². The predicted octanol–water partition coefficient (Wildman–Crippen LogP) is 3.92. The van der Waals surface area contributed by atoms with Crippen molar-refractivity contribution in [3.05, 3.63) is 93.9 Å². The third-order valence-electron chi connectivity index (χ3n) is 5.15. The van der Waals surface area contributed by atoms with Gasteiger partial charge in [0.15, 0.2) is 0 Å². The number of aromatic nitrogens is 2. The summed E-state index contributed by atoms with van der Waals surface area (Å²) in [6.07, 6.45) is 2.89. The van der Waals surface area contributed by atoms with Crippen molar-refractivity contribution < 1.29 is 18.6 Å². The number of ether oxygens (including phenoxy) is 1. The number of rotatable bonds is 3. The highest BCUT2D eigenvalue weighted by Crippen LogP contribution is 2.37. The van der Waals surface area contributed by atoms with Crippen molar-refractivity contribution >= 4 is 17.0 Å². The van der Waals surface area contributed by atoms with Gasteiger partial charge in [0.1, 0.15) is 35.9 Å². The topological polar surface area (TPSA) is 76.7 Å². The molecular formula is C23H15F2N3O3. The van der Waals surface area contributed by atoms with Crippen LogP contribution in [0.2, 0.25) is 0 Å². The first kappa shape index (κ1) is 18.9. The molecule has 2 aromatic carbocycles. The summed E-state index contributed by atoms with van der Waals surface area (Å²) < 4.78 is 34.2. The standard InChI is InChI=1S/C23H15F2N3O3/c24-13-9-17(25)21-18(12-31-19(21)10-13)27-11-16-14-5-1-2-6-15(14)22(29)28(23(16)30)20-7-3-4-8-26-20/h1-11,18,30H,12H2. The Morgan fingerprint density at radius 1 is 1.13 bits per heavy atom. The van der Waals surface area contributed by atoms with Gasteiger partial charge in [-0.3, -0.25) is 9.79 Å². The van der Waals surface area contributed by atoms with E-state index in [1.807, 2.05) is 0 Å². The Bertz CT molecular complexity index is 1400. The molecule has 1 N–H and O–H groups in total. The van der Waals surface area contributed by atoms with Gasteiger partial charge in [0.25, 0.3) is 5.56 Å². The van der Waals surface area contributed by atoms with Gasteiger partial charge in [-0.15, -0.1) is 0 Å². The molecule has 0 saturated heterocycles. The minimum absolute atomic E-state index is 0.0325. The molecule has 0 fully saturated rings. The van der Waals surface area contributed by atoms with Gasteiger partial charge < -0.3 is 9.84 Å². The molecule has 1 atom stereocenters. The smallest absolute Gasteiger partial charge is 0.267 e. The van der Waals surface area contributed by atoms with Gasteiger partial charge in [-0.2, -0.15) is 0 Å². The third kappa shape index (κ3) is 3.13. The van der Waals surface area contributed by atoms with Crippen molar-refractivity contribution in [2.24, 2.45) is 4.99 Å². The van der Waals surface area contributed by atoms with Crippen molar-refractivity contribution in [1.82, 2.24) is 9.55 Å². The van der Waals surface area contributed by atoms with Crippen molar-refractivity contribution in [2.45, 2.75) is 6.04 Å². The number of fused-ring (bicyclic) bond motifs is 2. The molecule has 5 rings (SSSR count). The van der Waals surface area contributed by atoms with Crippen LogP contribution in [0.25, 0.3) is 16.6 Å². The second kappa shape index (κ2) is 7.32. The minimum atomic E-state index is -0.748. The molecule has 2 aromatic heterocycles. The van der Waals surface area contributed by atoms with Gasteiger partial charge in [-0.05, 0) is 18.2 Å². The molecule has 0 amide bonds. The van der Waals surface area contributed by atoms with Gasteiger partial charge in [-0.1, -0.05) is 24.3 Å². The predicted molar refractivity (Wildman–Crippen MR) is 111 cm³/mol. The molecular weight excluding hydrogens is 404 g/mol. The average molecular weight is 419 g/mol. The molecule has 8 heteroatoms. The lowest BCUT2D eigenvalue weighted by atomic mass is 10.1. The number of aromatic hydroxyl groups is 1. The minimum Gasteiger partial charge on any atom is -0.494 e. The van der Waals surface area contributed by atoms with Gasteiger partial charge in [0, 0.05) is 35.3 Å². The molecule has 0 bridgehead atoms. The molecule has 1 aliphatic rings. The van der Waals surface area contributed by atoms with Gasteiger partial charge in [-0.25, -0.2) is 18.3 Å². The molecule has 0 aliphatic carbocycles. The Morgan fingerprint density at radius 3 is 2.68 bits per heavy atom. The Labute approximate surface area is 174 Å². The Morgan fingerprint density at radius 2 is 1.90 bits per heavy atom. The van der Waals surface area contributed by atoms with Crippen LogP contribution in [-0.4, -0.2) is 27.5 Å². The maximum absolute atomic E-state index is 14.3. The lowest BCUT2D eigenvalue weighted by Crippen LogP contribution is -2.21. The summed E-state index contributed by atoms with van der Waals surface area (Å²) in [5, 5.41) is 11.8. The normalized spacial score (nSPS) is 15.4. The largest absolute Gasteiger partial charge is 0.494 e. The van der Waals surface area contributed by atoms with Crippen molar-refractivity contribution in [3.8, 4) is 17.4 Å². The SMILES string of the molecule is O=c1c2ccccc2c(C=NC2COc3cc(F)cc(F)c32)c(O)n1-c1ccccn1. The highest BCUT2D eigenvalue weighted by Gasteiger charge is 2.28. The van der Waals surface area contributed by atoms with E-state index in [0.717, 1.165) is 16.7 Å². The van der Waals surface area contributed by atoms with E-state index >= 15 is 0 Å². The number of nitrogens with zero attached hydrogens (tertiary/aromatic N) is 3. The number of hydrogen-bond acceptors (Lipinski definition) is 5. The third-order valence-corrected chi connectivity index (χ3v) is 5.15. The van der Waals surface area contributed by atoms with Crippen LogP contribution >= 0.6 is 0 Å². The summed E-state index contributed by atoms with van der Waals surface area (Å²) in [4.78, 5) is 21.6. The highest BCUT2D eigenvalue weighted by molar-refractivity contribution is 6.01. The van der Waals surface area contributed by atoms with Crippen LogP contribution in [0.15, 0.2) is 70.6 Å². The monoisotopic (exact) mass is 419 g/mol. The maximum Gasteiger partial charge on any atom is 0.267 e. The number of benzene rings is 2. The van der Waals surface area contributed by atoms with E-state index < -0.39 is 23.2 Å². The number of aliphatic imine (C=N–C) groups is 1. The molecule has 31 heavy (non-hydrogen) atoms. The molecule has 6 nitrogen and oxygen atoms in total. The van der Waals surface area contributed by atoms with Gasteiger partial charge in [0.2, 0.25) is 5.88 Å². The molecule has 154 valence electrons. The van der Waals surface area contributed by atoms with E-state index in [4.69, 9.17) is 4.74 Å². The van der Waals surface area contributed by atoms with E-state index in [1.165, 1.54) is 12.4 Å². The van der Waals surface area contributed by atoms with Crippen LogP contribution in [-0.2, 0) is 0 Å². The first-order valence-electron chi connectivity index (χ1n) is 9.47. The summed E-state index contributed by atoms with van der Waals surface area (Å²) in [5.74, 6) is -1.47. The summed E-state index contributed by atoms with van der Waals surface area (Å²) in [7, 11) is 0. The highest BCUT2D eigenvalue weighted by atomic mass is 19.1. The second-order valence-corrected chi connectivity index (χ2v) is 7.02. The second-order valence-electron chi connectivity index (χ2n) is 7.02. The summed E-state index contributed by atoms with van der Waals surface area (Å²) in [5.41, 5.74) is -0.00340. The first-order chi connectivity index (χ1) is 15.0. The van der Waals surface area contributed by atoms with Crippen LogP contribution in [0.3, 0.4) is 0 Å². The lowest BCUT2D eigenvalue weighted by Gasteiger charge is -2.13. The molecule has 0 spiro atoms. The van der Waals surface area contributed by atoms with Crippen molar-refractivity contribution in [1.29, 1.82) is 0 Å². The molecule has 1 unspecified atom stereocenters. The fourth-order valence-electron chi connectivity index (χ4n) is 3.73. The first-order valence-corrected chi connectivity index (χ1v) is 9.47. The van der Waals surface area contributed by atoms with Crippen LogP contribution in [0.1, 0.15) is 17.2 Å². The van der Waals surface area contributed by atoms with E-state index in [-0.39, 0.29) is 35.2 Å². The summed E-state index contributed by atoms with van der Waals surface area (Å²) in [6, 6.07) is 13.0. The number of halogens is 2. The zero-order chi connectivity index (χ0) is 21.5. The molecule has 3 heterocycles. The fourth-order valence-corrected chi connectivity index (χ4v) is 3.73. The van der Waals surface area contributed by atoms with Crippen LogP contribution in [0, 0.1) is 11.6 Å². The van der Waals surface area contributed by atoms with Crippen LogP contribution in [0.4, 0.5) is 8.78 Å². The zero-order valence-electron chi connectivity index (χ0n) is 16.0. The van der Waals surface area contributed by atoms with E-state index in [0.29, 0.717) is 10.8 Å². The maximum atomic E-state index is 14.3. The average Bonchev–Trinajstić information content (AvgIpc) is 3.17.